The number of thioether (sulfide) groups is 1. The molecule has 0 radical (unpaired) electrons. The number of nitrogens with zero attached hydrogens (tertiary/aromatic N) is 1. The maximum Gasteiger partial charge on any atom is 0.293 e. The second-order valence-corrected chi connectivity index (χ2v) is 10.5. The van der Waals surface area contributed by atoms with Gasteiger partial charge in [-0.2, -0.15) is 0 Å². The molecule has 0 atom stereocenters. The lowest BCUT2D eigenvalue weighted by molar-refractivity contribution is -0.123. The molecule has 4 rings (SSSR count). The van der Waals surface area contributed by atoms with Gasteiger partial charge in [-0.1, -0.05) is 53.0 Å². The molecular formula is C25H17BrCl3NO4S. The Balaban J connectivity index is 1.54. The third-order valence-corrected chi connectivity index (χ3v) is 7.55. The Labute approximate surface area is 230 Å². The van der Waals surface area contributed by atoms with E-state index in [0.717, 1.165) is 22.2 Å². The largest absolute Gasteiger partial charge is 0.493 e. The summed E-state index contributed by atoms with van der Waals surface area (Å²) in [5.41, 5.74) is 2.12. The SMILES string of the molecule is COc1cc(/C=C2/SC(=O)N(Cc3c(Cl)cccc3Cl)C2=O)cc(Br)c1OCc1ccc(Cl)cc1. The molecule has 5 nitrogen and oxygen atoms in total. The van der Waals surface area contributed by atoms with Crippen molar-refractivity contribution in [1.29, 1.82) is 0 Å². The van der Waals surface area contributed by atoms with E-state index >= 15 is 0 Å². The van der Waals surface area contributed by atoms with Crippen molar-refractivity contribution in [1.82, 2.24) is 4.90 Å². The maximum absolute atomic E-state index is 13.0. The summed E-state index contributed by atoms with van der Waals surface area (Å²) in [5.74, 6) is 0.567. The first-order chi connectivity index (χ1) is 16.8. The predicted molar refractivity (Wildman–Crippen MR) is 144 cm³/mol. The number of ether oxygens (including phenoxy) is 2. The van der Waals surface area contributed by atoms with Gasteiger partial charge in [0.1, 0.15) is 6.61 Å². The molecule has 0 bridgehead atoms. The highest BCUT2D eigenvalue weighted by atomic mass is 79.9. The molecule has 1 saturated heterocycles. The third kappa shape index (κ3) is 5.98. The summed E-state index contributed by atoms with van der Waals surface area (Å²) in [7, 11) is 1.53. The van der Waals surface area contributed by atoms with Gasteiger partial charge in [-0.25, -0.2) is 0 Å². The van der Waals surface area contributed by atoms with Crippen LogP contribution in [0.4, 0.5) is 4.79 Å². The van der Waals surface area contributed by atoms with E-state index < -0.39 is 11.1 Å². The van der Waals surface area contributed by atoms with E-state index in [1.807, 2.05) is 12.1 Å². The topological polar surface area (TPSA) is 55.8 Å². The molecule has 3 aromatic carbocycles. The van der Waals surface area contributed by atoms with Crippen LogP contribution in [-0.2, 0) is 17.9 Å². The van der Waals surface area contributed by atoms with E-state index in [-0.39, 0.29) is 11.4 Å². The van der Waals surface area contributed by atoms with Crippen LogP contribution in [0.25, 0.3) is 6.08 Å². The van der Waals surface area contributed by atoms with E-state index in [9.17, 15) is 9.59 Å². The number of rotatable bonds is 7. The van der Waals surface area contributed by atoms with Gasteiger partial charge in [-0.3, -0.25) is 14.5 Å². The molecule has 180 valence electrons. The number of hydrogen-bond donors (Lipinski definition) is 0. The quantitative estimate of drug-likeness (QED) is 0.251. The Hall–Kier alpha value is -2.16. The van der Waals surface area contributed by atoms with Crippen LogP contribution in [0.3, 0.4) is 0 Å². The van der Waals surface area contributed by atoms with Gasteiger partial charge in [-0.05, 0) is 81.3 Å². The van der Waals surface area contributed by atoms with Crippen LogP contribution < -0.4 is 9.47 Å². The van der Waals surface area contributed by atoms with Gasteiger partial charge in [0.05, 0.1) is 23.0 Å². The van der Waals surface area contributed by atoms with E-state index in [4.69, 9.17) is 44.3 Å². The molecule has 1 fully saturated rings. The van der Waals surface area contributed by atoms with Crippen LogP contribution in [0.5, 0.6) is 11.5 Å². The summed E-state index contributed by atoms with van der Waals surface area (Å²) < 4.78 is 12.1. The summed E-state index contributed by atoms with van der Waals surface area (Å²) in [4.78, 5) is 27.0. The normalized spacial score (nSPS) is 14.7. The molecule has 0 saturated carbocycles. The average Bonchev–Trinajstić information content (AvgIpc) is 3.08. The van der Waals surface area contributed by atoms with Crippen LogP contribution in [0.2, 0.25) is 15.1 Å². The standard InChI is InChI=1S/C25H17BrCl3NO4S/c1-33-21-10-15(9-18(26)23(21)34-13-14-5-7-16(27)8-6-14)11-22-24(31)30(25(32)35-22)12-17-19(28)3-2-4-20(17)29/h2-11H,12-13H2,1H3/b22-11+. The van der Waals surface area contributed by atoms with Gasteiger partial charge < -0.3 is 9.47 Å². The molecule has 35 heavy (non-hydrogen) atoms. The number of amides is 2. The van der Waals surface area contributed by atoms with E-state index in [0.29, 0.717) is 48.8 Å². The summed E-state index contributed by atoms with van der Waals surface area (Å²) in [5, 5.41) is 1.04. The van der Waals surface area contributed by atoms with E-state index in [1.165, 1.54) is 7.11 Å². The van der Waals surface area contributed by atoms with Crippen molar-refractivity contribution < 1.29 is 19.1 Å². The van der Waals surface area contributed by atoms with Crippen LogP contribution >= 0.6 is 62.5 Å². The minimum Gasteiger partial charge on any atom is -0.493 e. The van der Waals surface area contributed by atoms with Crippen molar-refractivity contribution in [3.63, 3.8) is 0 Å². The highest BCUT2D eigenvalue weighted by Gasteiger charge is 2.35. The fourth-order valence-electron chi connectivity index (χ4n) is 3.33. The first-order valence-electron chi connectivity index (χ1n) is 10.2. The van der Waals surface area contributed by atoms with Crippen molar-refractivity contribution >= 4 is 79.7 Å². The number of methoxy groups -OCH3 is 1. The second-order valence-electron chi connectivity index (χ2n) is 7.42. The van der Waals surface area contributed by atoms with Gasteiger partial charge >= 0.3 is 0 Å². The summed E-state index contributed by atoms with van der Waals surface area (Å²) in [6.45, 7) is 0.306. The number of carbonyl (C=O) groups is 2. The third-order valence-electron chi connectivity index (χ3n) is 5.10. The Bertz CT molecular complexity index is 1310. The monoisotopic (exact) mass is 611 g/mol. The number of benzene rings is 3. The molecule has 0 aromatic heterocycles. The van der Waals surface area contributed by atoms with E-state index in [1.54, 1.807) is 48.5 Å². The molecule has 10 heteroatoms. The summed E-state index contributed by atoms with van der Waals surface area (Å²) in [6, 6.07) is 15.9. The lowest BCUT2D eigenvalue weighted by atomic mass is 10.1. The molecule has 0 spiro atoms. The molecule has 0 unspecified atom stereocenters. The first kappa shape index (κ1) is 25.9. The van der Waals surface area contributed by atoms with Crippen molar-refractivity contribution in [3.8, 4) is 11.5 Å². The zero-order valence-corrected chi connectivity index (χ0v) is 22.9. The molecule has 3 aromatic rings. The van der Waals surface area contributed by atoms with Gasteiger partial charge in [0.15, 0.2) is 11.5 Å². The molecule has 1 aliphatic rings. The van der Waals surface area contributed by atoms with Gasteiger partial charge in [0, 0.05) is 20.6 Å². The Kier molecular flexibility index (Phi) is 8.34. The van der Waals surface area contributed by atoms with Crippen LogP contribution in [0, 0.1) is 0 Å². The van der Waals surface area contributed by atoms with Crippen molar-refractivity contribution in [2.24, 2.45) is 0 Å². The fourth-order valence-corrected chi connectivity index (χ4v) is 5.38. The second kappa shape index (κ2) is 11.3. The lowest BCUT2D eigenvalue weighted by Crippen LogP contribution is -2.27. The highest BCUT2D eigenvalue weighted by molar-refractivity contribution is 9.10. The van der Waals surface area contributed by atoms with Crippen molar-refractivity contribution in [2.75, 3.05) is 7.11 Å². The zero-order chi connectivity index (χ0) is 25.1. The van der Waals surface area contributed by atoms with Crippen LogP contribution in [-0.4, -0.2) is 23.2 Å². The van der Waals surface area contributed by atoms with Gasteiger partial charge in [-0.15, -0.1) is 0 Å². The molecule has 1 aliphatic heterocycles. The summed E-state index contributed by atoms with van der Waals surface area (Å²) >= 11 is 22.7. The Morgan fingerprint density at radius 1 is 1.03 bits per heavy atom. The minimum atomic E-state index is -0.422. The molecular weight excluding hydrogens is 597 g/mol. The zero-order valence-electron chi connectivity index (χ0n) is 18.2. The number of hydrogen-bond acceptors (Lipinski definition) is 5. The molecule has 0 aliphatic carbocycles. The van der Waals surface area contributed by atoms with Crippen molar-refractivity contribution in [2.45, 2.75) is 13.2 Å². The van der Waals surface area contributed by atoms with Crippen LogP contribution in [0.1, 0.15) is 16.7 Å². The lowest BCUT2D eigenvalue weighted by Gasteiger charge is -2.15. The fraction of sp³-hybridized carbons (Fsp3) is 0.120. The highest BCUT2D eigenvalue weighted by Crippen LogP contribution is 2.40. The Morgan fingerprint density at radius 3 is 2.37 bits per heavy atom. The number of halogens is 4. The summed E-state index contributed by atoms with van der Waals surface area (Å²) in [6.07, 6.45) is 1.63. The molecule has 0 N–H and O–H groups in total. The maximum atomic E-state index is 13.0. The van der Waals surface area contributed by atoms with Crippen LogP contribution in [0.15, 0.2) is 64.0 Å². The van der Waals surface area contributed by atoms with Gasteiger partial charge in [0.2, 0.25) is 0 Å². The number of imide groups is 1. The first-order valence-corrected chi connectivity index (χ1v) is 12.9. The predicted octanol–water partition coefficient (Wildman–Crippen LogP) is 8.23. The minimum absolute atomic E-state index is 0.00892. The molecule has 2 amide bonds. The van der Waals surface area contributed by atoms with Crippen molar-refractivity contribution in [3.05, 3.63) is 95.7 Å². The van der Waals surface area contributed by atoms with Gasteiger partial charge in [0.25, 0.3) is 11.1 Å². The Morgan fingerprint density at radius 2 is 1.71 bits per heavy atom. The molecule has 1 heterocycles. The average molecular weight is 614 g/mol. The van der Waals surface area contributed by atoms with E-state index in [2.05, 4.69) is 15.9 Å². The number of carbonyl (C=O) groups excluding carboxylic acids is 2. The smallest absolute Gasteiger partial charge is 0.293 e.